The quantitative estimate of drug-likeness (QED) is 0.819. The molecular formula is C18H27ClN2O2S. The molecule has 1 aromatic rings. The second-order valence-electron chi connectivity index (χ2n) is 6.70. The Morgan fingerprint density at radius 3 is 2.46 bits per heavy atom. The van der Waals surface area contributed by atoms with E-state index in [-0.39, 0.29) is 31.1 Å². The van der Waals surface area contributed by atoms with Gasteiger partial charge in [0.1, 0.15) is 6.10 Å². The van der Waals surface area contributed by atoms with Crippen LogP contribution in [0.1, 0.15) is 32.3 Å². The highest BCUT2D eigenvalue weighted by Gasteiger charge is 2.44. The van der Waals surface area contributed by atoms with Crippen LogP contribution in [0.4, 0.5) is 0 Å². The van der Waals surface area contributed by atoms with Gasteiger partial charge >= 0.3 is 0 Å². The maximum atomic E-state index is 12.1. The van der Waals surface area contributed by atoms with Gasteiger partial charge in [0.15, 0.2) is 0 Å². The largest absolute Gasteiger partial charge is 0.360 e. The number of hydrogen-bond donors (Lipinski definition) is 0. The summed E-state index contributed by atoms with van der Waals surface area (Å²) >= 11 is 5.94. The number of morpholine rings is 1. The predicted octanol–water partition coefficient (Wildman–Crippen LogP) is 3.05. The lowest BCUT2D eigenvalue weighted by Gasteiger charge is -2.49. The van der Waals surface area contributed by atoms with Crippen molar-refractivity contribution in [3.8, 4) is 0 Å². The zero-order chi connectivity index (χ0) is 16.4. The minimum atomic E-state index is -0.313. The second-order valence-corrected chi connectivity index (χ2v) is 7.13. The summed E-state index contributed by atoms with van der Waals surface area (Å²) in [7, 11) is 0. The van der Waals surface area contributed by atoms with Gasteiger partial charge in [-0.15, -0.1) is 0 Å². The minimum absolute atomic E-state index is 0. The first-order chi connectivity index (χ1) is 11.0. The van der Waals surface area contributed by atoms with E-state index in [1.807, 2.05) is 30.9 Å². The Morgan fingerprint density at radius 2 is 1.88 bits per heavy atom. The molecule has 0 N–H and O–H groups in total. The highest BCUT2D eigenvalue weighted by Crippen LogP contribution is 2.33. The van der Waals surface area contributed by atoms with Gasteiger partial charge in [-0.3, -0.25) is 9.69 Å². The summed E-state index contributed by atoms with van der Waals surface area (Å²) in [6.07, 6.45) is 1.65. The number of likely N-dealkylation sites (N-methyl/N-ethyl adjacent to an activating group) is 1. The number of nitrogens with zero attached hydrogens (tertiary/aromatic N) is 2. The third-order valence-electron chi connectivity index (χ3n) is 5.03. The van der Waals surface area contributed by atoms with Crippen LogP contribution in [-0.2, 0) is 16.1 Å². The lowest BCUT2D eigenvalue weighted by Crippen LogP contribution is -2.61. The average Bonchev–Trinajstić information content (AvgIpc) is 2.55. The molecule has 2 heterocycles. The molecule has 1 spiro atoms. The van der Waals surface area contributed by atoms with Crippen LogP contribution in [0.15, 0.2) is 24.3 Å². The summed E-state index contributed by atoms with van der Waals surface area (Å²) in [6.45, 7) is 8.37. The van der Waals surface area contributed by atoms with Gasteiger partial charge in [-0.1, -0.05) is 23.7 Å². The second kappa shape index (κ2) is 8.09. The van der Waals surface area contributed by atoms with Crippen molar-refractivity contribution in [2.45, 2.75) is 44.9 Å². The summed E-state index contributed by atoms with van der Waals surface area (Å²) in [6, 6.07) is 8.06. The molecule has 0 unspecified atom stereocenters. The number of ether oxygens (including phenoxy) is 1. The van der Waals surface area contributed by atoms with Crippen molar-refractivity contribution in [1.29, 1.82) is 0 Å². The molecule has 4 nitrogen and oxygen atoms in total. The van der Waals surface area contributed by atoms with Gasteiger partial charge in [-0.05, 0) is 44.4 Å². The Balaban J connectivity index is 0.00000208. The molecule has 0 aromatic heterocycles. The van der Waals surface area contributed by atoms with Crippen LogP contribution in [0.2, 0.25) is 5.02 Å². The van der Waals surface area contributed by atoms with Crippen LogP contribution in [0, 0.1) is 0 Å². The van der Waals surface area contributed by atoms with E-state index in [0.717, 1.165) is 50.6 Å². The van der Waals surface area contributed by atoms with Gasteiger partial charge in [0.05, 0.1) is 5.60 Å². The van der Waals surface area contributed by atoms with E-state index in [4.69, 9.17) is 16.3 Å². The Morgan fingerprint density at radius 1 is 1.25 bits per heavy atom. The number of likely N-dealkylation sites (tertiary alicyclic amines) is 1. The van der Waals surface area contributed by atoms with E-state index in [1.165, 1.54) is 5.56 Å². The Hall–Kier alpha value is -0.750. The van der Waals surface area contributed by atoms with E-state index in [1.54, 1.807) is 0 Å². The fourth-order valence-corrected chi connectivity index (χ4v) is 3.78. The molecule has 0 bridgehead atoms. The van der Waals surface area contributed by atoms with Gasteiger partial charge in [0, 0.05) is 37.7 Å². The molecule has 1 atom stereocenters. The molecule has 6 heteroatoms. The number of amides is 1. The van der Waals surface area contributed by atoms with Gasteiger partial charge < -0.3 is 9.64 Å². The molecule has 2 aliphatic heterocycles. The molecule has 1 amide bonds. The first kappa shape index (κ1) is 19.6. The van der Waals surface area contributed by atoms with Crippen molar-refractivity contribution >= 4 is 31.0 Å². The highest BCUT2D eigenvalue weighted by molar-refractivity contribution is 7.59. The van der Waals surface area contributed by atoms with Crippen molar-refractivity contribution in [3.63, 3.8) is 0 Å². The van der Waals surface area contributed by atoms with E-state index < -0.39 is 0 Å². The number of rotatable bonds is 3. The van der Waals surface area contributed by atoms with E-state index in [9.17, 15) is 4.79 Å². The Labute approximate surface area is 156 Å². The van der Waals surface area contributed by atoms with E-state index >= 15 is 0 Å². The minimum Gasteiger partial charge on any atom is -0.360 e. The molecule has 2 fully saturated rings. The number of carbonyl (C=O) groups is 1. The Bertz CT molecular complexity index is 559. The standard InChI is InChI=1S/C18H25ClN2O2.H2S/c1-3-21-13-18(23-14(2)17(21)22)8-10-20(11-9-18)12-15-4-6-16(19)7-5-15;/h4-7,14H,3,8-13H2,1-2H3;1H2/t14-;/m0./s1. The number of halogens is 1. The average molecular weight is 371 g/mol. The summed E-state index contributed by atoms with van der Waals surface area (Å²) in [4.78, 5) is 16.5. The van der Waals surface area contributed by atoms with Gasteiger partial charge in [0.2, 0.25) is 0 Å². The topological polar surface area (TPSA) is 32.8 Å². The van der Waals surface area contributed by atoms with Crippen molar-refractivity contribution in [2.75, 3.05) is 26.2 Å². The lowest BCUT2D eigenvalue weighted by atomic mass is 9.88. The number of hydrogen-bond acceptors (Lipinski definition) is 3. The summed E-state index contributed by atoms with van der Waals surface area (Å²) < 4.78 is 6.14. The molecule has 2 aliphatic rings. The highest BCUT2D eigenvalue weighted by atomic mass is 35.5. The van der Waals surface area contributed by atoms with Crippen molar-refractivity contribution in [2.24, 2.45) is 0 Å². The lowest BCUT2D eigenvalue weighted by molar-refractivity contribution is -0.189. The zero-order valence-corrected chi connectivity index (χ0v) is 16.2. The molecule has 0 saturated carbocycles. The molecule has 134 valence electrons. The molecular weight excluding hydrogens is 344 g/mol. The molecule has 1 aromatic carbocycles. The monoisotopic (exact) mass is 370 g/mol. The zero-order valence-electron chi connectivity index (χ0n) is 14.4. The SMILES string of the molecule is CCN1CC2(CCN(Cc3ccc(Cl)cc3)CC2)O[C@@H](C)C1=O.S. The van der Waals surface area contributed by atoms with E-state index in [2.05, 4.69) is 17.0 Å². The summed E-state index contributed by atoms with van der Waals surface area (Å²) in [5.74, 6) is 0.127. The van der Waals surface area contributed by atoms with Crippen LogP contribution < -0.4 is 0 Å². The maximum Gasteiger partial charge on any atom is 0.251 e. The van der Waals surface area contributed by atoms with Crippen molar-refractivity contribution in [1.82, 2.24) is 9.80 Å². The fraction of sp³-hybridized carbons (Fsp3) is 0.611. The molecule has 0 radical (unpaired) electrons. The molecule has 2 saturated heterocycles. The number of piperidine rings is 1. The van der Waals surface area contributed by atoms with Gasteiger partial charge in [-0.25, -0.2) is 0 Å². The molecule has 3 rings (SSSR count). The van der Waals surface area contributed by atoms with Crippen LogP contribution in [0.5, 0.6) is 0 Å². The summed E-state index contributed by atoms with van der Waals surface area (Å²) in [5, 5.41) is 0.778. The fourth-order valence-electron chi connectivity index (χ4n) is 3.66. The van der Waals surface area contributed by atoms with Gasteiger partial charge in [-0.2, -0.15) is 13.5 Å². The van der Waals surface area contributed by atoms with Crippen LogP contribution in [-0.4, -0.2) is 53.6 Å². The van der Waals surface area contributed by atoms with Gasteiger partial charge in [0.25, 0.3) is 5.91 Å². The van der Waals surface area contributed by atoms with Crippen LogP contribution in [0.25, 0.3) is 0 Å². The summed E-state index contributed by atoms with van der Waals surface area (Å²) in [5.41, 5.74) is 1.13. The predicted molar refractivity (Wildman–Crippen MR) is 102 cm³/mol. The molecule has 24 heavy (non-hydrogen) atoms. The smallest absolute Gasteiger partial charge is 0.251 e. The number of benzene rings is 1. The first-order valence-corrected chi connectivity index (χ1v) is 8.82. The van der Waals surface area contributed by atoms with Crippen LogP contribution >= 0.6 is 25.1 Å². The Kier molecular flexibility index (Phi) is 6.59. The van der Waals surface area contributed by atoms with E-state index in [0.29, 0.717) is 0 Å². The van der Waals surface area contributed by atoms with Crippen molar-refractivity contribution < 1.29 is 9.53 Å². The first-order valence-electron chi connectivity index (χ1n) is 8.45. The number of carbonyl (C=O) groups excluding carboxylic acids is 1. The molecule has 0 aliphatic carbocycles. The third kappa shape index (κ3) is 4.26. The third-order valence-corrected chi connectivity index (χ3v) is 5.29. The van der Waals surface area contributed by atoms with Crippen molar-refractivity contribution in [3.05, 3.63) is 34.9 Å². The normalized spacial score (nSPS) is 24.0. The van der Waals surface area contributed by atoms with Crippen LogP contribution in [0.3, 0.4) is 0 Å². The maximum absolute atomic E-state index is 12.1.